The highest BCUT2D eigenvalue weighted by molar-refractivity contribution is 7.11. The lowest BCUT2D eigenvalue weighted by atomic mass is 9.93. The van der Waals surface area contributed by atoms with E-state index in [1.165, 1.54) is 28.7 Å². The number of ether oxygens (including phenoxy) is 1. The molecule has 0 radical (unpaired) electrons. The second kappa shape index (κ2) is 9.39. The molecule has 0 bridgehead atoms. The van der Waals surface area contributed by atoms with E-state index >= 15 is 0 Å². The molecule has 1 fully saturated rings. The molecule has 1 N–H and O–H groups in total. The largest absolute Gasteiger partial charge is 0.469 e. The SMILES string of the molecule is CCC(=C1CCN(C(=NC)NC#N)CC1)c1scc(CC(=O)OC)c1C. The first-order valence-corrected chi connectivity index (χ1v) is 9.65. The van der Waals surface area contributed by atoms with Gasteiger partial charge >= 0.3 is 5.97 Å². The zero-order chi connectivity index (χ0) is 19.1. The number of hydrogen-bond acceptors (Lipinski definition) is 5. The minimum Gasteiger partial charge on any atom is -0.469 e. The number of aliphatic imine (C=N–C) groups is 1. The molecule has 0 spiro atoms. The van der Waals surface area contributed by atoms with E-state index in [1.807, 2.05) is 6.19 Å². The van der Waals surface area contributed by atoms with Crippen LogP contribution in [0.1, 0.15) is 42.2 Å². The number of carbonyl (C=O) groups is 1. The predicted molar refractivity (Wildman–Crippen MR) is 105 cm³/mol. The minimum atomic E-state index is -0.201. The first-order valence-electron chi connectivity index (χ1n) is 8.77. The van der Waals surface area contributed by atoms with E-state index in [-0.39, 0.29) is 5.97 Å². The molecule has 1 aliphatic heterocycles. The fourth-order valence-corrected chi connectivity index (χ4v) is 4.60. The fraction of sp³-hybridized carbons (Fsp3) is 0.526. The van der Waals surface area contributed by atoms with Crippen LogP contribution in [0.15, 0.2) is 15.9 Å². The Kier molecular flexibility index (Phi) is 7.22. The second-order valence-corrected chi connectivity index (χ2v) is 7.05. The number of allylic oxidation sites excluding steroid dienone is 1. The summed E-state index contributed by atoms with van der Waals surface area (Å²) in [6, 6.07) is 0. The number of nitriles is 1. The van der Waals surface area contributed by atoms with Crippen molar-refractivity contribution in [2.24, 2.45) is 4.99 Å². The van der Waals surface area contributed by atoms with E-state index < -0.39 is 0 Å². The average molecular weight is 375 g/mol. The number of piperidine rings is 1. The molecule has 2 rings (SSSR count). The zero-order valence-electron chi connectivity index (χ0n) is 15.9. The van der Waals surface area contributed by atoms with E-state index in [9.17, 15) is 4.79 Å². The molecule has 1 aromatic rings. The second-order valence-electron chi connectivity index (χ2n) is 6.17. The average Bonchev–Trinajstić information content (AvgIpc) is 3.01. The van der Waals surface area contributed by atoms with Crippen LogP contribution < -0.4 is 5.32 Å². The maximum absolute atomic E-state index is 11.6. The Balaban J connectivity index is 2.19. The Morgan fingerprint density at radius 1 is 1.46 bits per heavy atom. The summed E-state index contributed by atoms with van der Waals surface area (Å²) in [6.07, 6.45) is 5.16. The predicted octanol–water partition coefficient (Wildman–Crippen LogP) is 3.09. The van der Waals surface area contributed by atoms with Crippen LogP contribution in [0.2, 0.25) is 0 Å². The number of hydrogen-bond donors (Lipinski definition) is 1. The van der Waals surface area contributed by atoms with Crippen molar-refractivity contribution in [1.82, 2.24) is 10.2 Å². The molecule has 6 nitrogen and oxygen atoms in total. The van der Waals surface area contributed by atoms with Gasteiger partial charge in [-0.25, -0.2) is 0 Å². The highest BCUT2D eigenvalue weighted by Gasteiger charge is 2.22. The molecular formula is C19H26N4O2S. The summed E-state index contributed by atoms with van der Waals surface area (Å²) in [7, 11) is 3.12. The Hall–Kier alpha value is -2.33. The van der Waals surface area contributed by atoms with Crippen molar-refractivity contribution in [3.05, 3.63) is 27.0 Å². The van der Waals surface area contributed by atoms with E-state index in [1.54, 1.807) is 18.4 Å². The van der Waals surface area contributed by atoms with Gasteiger partial charge in [0.1, 0.15) is 0 Å². The topological polar surface area (TPSA) is 77.7 Å². The van der Waals surface area contributed by atoms with Gasteiger partial charge in [-0.1, -0.05) is 12.5 Å². The normalized spacial score (nSPS) is 14.8. The van der Waals surface area contributed by atoms with Crippen molar-refractivity contribution in [3.63, 3.8) is 0 Å². The molecule has 1 aliphatic rings. The van der Waals surface area contributed by atoms with Gasteiger partial charge in [0.25, 0.3) is 0 Å². The Labute approximate surface area is 159 Å². The Morgan fingerprint density at radius 2 is 2.15 bits per heavy atom. The first-order chi connectivity index (χ1) is 12.5. The van der Waals surface area contributed by atoms with Crippen LogP contribution in [-0.4, -0.2) is 44.1 Å². The number of thiophene rings is 1. The van der Waals surface area contributed by atoms with Crippen LogP contribution in [0, 0.1) is 18.4 Å². The lowest BCUT2D eigenvalue weighted by Crippen LogP contribution is -2.42. The van der Waals surface area contributed by atoms with Crippen LogP contribution in [0.5, 0.6) is 0 Å². The quantitative estimate of drug-likeness (QED) is 0.288. The van der Waals surface area contributed by atoms with Crippen molar-refractivity contribution in [1.29, 1.82) is 5.26 Å². The third-order valence-corrected chi connectivity index (χ3v) is 5.99. The number of rotatable bonds is 4. The van der Waals surface area contributed by atoms with Crippen LogP contribution in [0.25, 0.3) is 5.57 Å². The molecule has 0 atom stereocenters. The number of esters is 1. The summed E-state index contributed by atoms with van der Waals surface area (Å²) >= 11 is 1.72. The Bertz CT molecular complexity index is 748. The molecule has 1 saturated heterocycles. The molecular weight excluding hydrogens is 348 g/mol. The van der Waals surface area contributed by atoms with Crippen LogP contribution in [0.3, 0.4) is 0 Å². The van der Waals surface area contributed by atoms with Crippen molar-refractivity contribution >= 4 is 28.8 Å². The minimum absolute atomic E-state index is 0.201. The number of guanidine groups is 1. The summed E-state index contributed by atoms with van der Waals surface area (Å²) < 4.78 is 4.79. The summed E-state index contributed by atoms with van der Waals surface area (Å²) in [5.41, 5.74) is 5.10. The molecule has 140 valence electrons. The lowest BCUT2D eigenvalue weighted by Gasteiger charge is -2.31. The molecule has 2 heterocycles. The highest BCUT2D eigenvalue weighted by Crippen LogP contribution is 2.36. The summed E-state index contributed by atoms with van der Waals surface area (Å²) in [5, 5.41) is 13.6. The summed E-state index contributed by atoms with van der Waals surface area (Å²) in [4.78, 5) is 19.1. The van der Waals surface area contributed by atoms with Gasteiger partial charge in [0.15, 0.2) is 6.19 Å². The number of methoxy groups -OCH3 is 1. The van der Waals surface area contributed by atoms with Gasteiger partial charge in [0, 0.05) is 25.0 Å². The third-order valence-electron chi connectivity index (χ3n) is 4.80. The molecule has 1 aromatic heterocycles. The number of nitrogens with zero attached hydrogens (tertiary/aromatic N) is 3. The lowest BCUT2D eigenvalue weighted by molar-refractivity contribution is -0.139. The van der Waals surface area contributed by atoms with Gasteiger partial charge in [0.2, 0.25) is 5.96 Å². The standard InChI is InChI=1S/C19H26N4O2S/c1-5-16(18-13(2)15(11-26-18)10-17(24)25-4)14-6-8-23(9-7-14)19(21-3)22-12-20/h11H,5-10H2,1-4H3,(H,21,22). The van der Waals surface area contributed by atoms with Gasteiger partial charge < -0.3 is 9.64 Å². The fourth-order valence-electron chi connectivity index (χ4n) is 3.34. The Morgan fingerprint density at radius 3 is 2.69 bits per heavy atom. The molecule has 0 unspecified atom stereocenters. The van der Waals surface area contributed by atoms with Gasteiger partial charge in [-0.15, -0.1) is 11.3 Å². The smallest absolute Gasteiger partial charge is 0.310 e. The van der Waals surface area contributed by atoms with Gasteiger partial charge in [0.05, 0.1) is 13.5 Å². The van der Waals surface area contributed by atoms with Gasteiger partial charge in [-0.2, -0.15) is 5.26 Å². The van der Waals surface area contributed by atoms with Crippen molar-refractivity contribution in [2.45, 2.75) is 39.5 Å². The van der Waals surface area contributed by atoms with Crippen molar-refractivity contribution in [3.8, 4) is 6.19 Å². The van der Waals surface area contributed by atoms with E-state index in [2.05, 4.69) is 34.4 Å². The van der Waals surface area contributed by atoms with E-state index in [4.69, 9.17) is 10.00 Å². The van der Waals surface area contributed by atoms with Gasteiger partial charge in [-0.05, 0) is 48.3 Å². The number of nitrogens with one attached hydrogen (secondary N) is 1. The van der Waals surface area contributed by atoms with Crippen molar-refractivity contribution in [2.75, 3.05) is 27.2 Å². The molecule has 7 heteroatoms. The maximum Gasteiger partial charge on any atom is 0.310 e. The van der Waals surface area contributed by atoms with Gasteiger partial charge in [-0.3, -0.25) is 15.1 Å². The van der Waals surface area contributed by atoms with Crippen molar-refractivity contribution < 1.29 is 9.53 Å². The zero-order valence-corrected chi connectivity index (χ0v) is 16.7. The molecule has 0 aliphatic carbocycles. The highest BCUT2D eigenvalue weighted by atomic mass is 32.1. The molecule has 26 heavy (non-hydrogen) atoms. The van der Waals surface area contributed by atoms with Crippen LogP contribution in [0.4, 0.5) is 0 Å². The first kappa shape index (κ1) is 20.0. The van der Waals surface area contributed by atoms with E-state index in [0.717, 1.165) is 37.9 Å². The maximum atomic E-state index is 11.6. The number of likely N-dealkylation sites (tertiary alicyclic amines) is 1. The summed E-state index contributed by atoms with van der Waals surface area (Å²) in [6.45, 7) is 5.97. The molecule has 0 amide bonds. The number of carbonyl (C=O) groups excluding carboxylic acids is 1. The van der Waals surface area contributed by atoms with E-state index in [0.29, 0.717) is 12.4 Å². The monoisotopic (exact) mass is 374 g/mol. The third kappa shape index (κ3) is 4.44. The van der Waals surface area contributed by atoms with Crippen LogP contribution >= 0.6 is 11.3 Å². The van der Waals surface area contributed by atoms with Crippen LogP contribution in [-0.2, 0) is 16.0 Å². The summed E-state index contributed by atoms with van der Waals surface area (Å²) in [5.74, 6) is 0.435. The molecule has 0 saturated carbocycles. The molecule has 0 aromatic carbocycles.